The van der Waals surface area contributed by atoms with Crippen LogP contribution in [0.3, 0.4) is 0 Å². The van der Waals surface area contributed by atoms with Crippen LogP contribution in [0.5, 0.6) is 0 Å². The Hall–Kier alpha value is -1.65. The molecule has 0 radical (unpaired) electrons. The molecule has 2 heterocycles. The zero-order chi connectivity index (χ0) is 13.5. The molecule has 19 heavy (non-hydrogen) atoms. The zero-order valence-electron chi connectivity index (χ0n) is 11.2. The van der Waals surface area contributed by atoms with Crippen LogP contribution < -0.4 is 0 Å². The van der Waals surface area contributed by atoms with Crippen LogP contribution in [0.2, 0.25) is 0 Å². The lowest BCUT2D eigenvalue weighted by atomic mass is 9.86. The minimum Gasteiger partial charge on any atom is -0.395 e. The SMILES string of the molecule is Cc1ccccc1-c1nc(C2(CO)COC2)[nH]c1C. The van der Waals surface area contributed by atoms with Crippen LogP contribution >= 0.6 is 0 Å². The van der Waals surface area contributed by atoms with E-state index < -0.39 is 0 Å². The van der Waals surface area contributed by atoms with Gasteiger partial charge in [-0.3, -0.25) is 0 Å². The fourth-order valence-electron chi connectivity index (χ4n) is 2.46. The van der Waals surface area contributed by atoms with Crippen molar-refractivity contribution >= 4 is 0 Å². The van der Waals surface area contributed by atoms with Gasteiger partial charge in [0.15, 0.2) is 0 Å². The Labute approximate surface area is 112 Å². The highest BCUT2D eigenvalue weighted by molar-refractivity contribution is 5.65. The van der Waals surface area contributed by atoms with Crippen molar-refractivity contribution in [2.45, 2.75) is 19.3 Å². The van der Waals surface area contributed by atoms with E-state index in [-0.39, 0.29) is 12.0 Å². The molecule has 0 amide bonds. The summed E-state index contributed by atoms with van der Waals surface area (Å²) in [6.07, 6.45) is 0. The van der Waals surface area contributed by atoms with Gasteiger partial charge in [-0.15, -0.1) is 0 Å². The molecule has 100 valence electrons. The number of hydrogen-bond donors (Lipinski definition) is 2. The summed E-state index contributed by atoms with van der Waals surface area (Å²) in [5, 5.41) is 9.58. The second kappa shape index (κ2) is 4.47. The molecular formula is C15H18N2O2. The molecule has 0 aliphatic carbocycles. The molecule has 1 aromatic heterocycles. The van der Waals surface area contributed by atoms with E-state index in [1.165, 1.54) is 5.56 Å². The lowest BCUT2D eigenvalue weighted by Crippen LogP contribution is -2.50. The van der Waals surface area contributed by atoms with Crippen molar-refractivity contribution in [3.05, 3.63) is 41.3 Å². The first-order valence-electron chi connectivity index (χ1n) is 6.48. The molecule has 1 fully saturated rings. The van der Waals surface area contributed by atoms with Crippen LogP contribution in [0.1, 0.15) is 17.1 Å². The van der Waals surface area contributed by atoms with Crippen molar-refractivity contribution < 1.29 is 9.84 Å². The minimum absolute atomic E-state index is 0.0627. The zero-order valence-corrected chi connectivity index (χ0v) is 11.2. The highest BCUT2D eigenvalue weighted by Crippen LogP contribution is 2.33. The number of aromatic nitrogens is 2. The summed E-state index contributed by atoms with van der Waals surface area (Å²) in [6, 6.07) is 8.20. The van der Waals surface area contributed by atoms with E-state index >= 15 is 0 Å². The number of nitrogens with one attached hydrogen (secondary N) is 1. The number of aryl methyl sites for hydroxylation is 2. The average molecular weight is 258 g/mol. The van der Waals surface area contributed by atoms with Crippen molar-refractivity contribution in [3.8, 4) is 11.3 Å². The number of H-pyrrole nitrogens is 1. The first-order valence-corrected chi connectivity index (χ1v) is 6.48. The summed E-state index contributed by atoms with van der Waals surface area (Å²) < 4.78 is 5.24. The maximum atomic E-state index is 9.58. The van der Waals surface area contributed by atoms with Crippen LogP contribution in [0.15, 0.2) is 24.3 Å². The van der Waals surface area contributed by atoms with E-state index in [0.29, 0.717) is 13.2 Å². The number of aliphatic hydroxyl groups is 1. The third-order valence-electron chi connectivity index (χ3n) is 3.85. The van der Waals surface area contributed by atoms with E-state index in [9.17, 15) is 5.11 Å². The first kappa shape index (κ1) is 12.4. The molecule has 1 saturated heterocycles. The van der Waals surface area contributed by atoms with Gasteiger partial charge in [0.05, 0.1) is 30.9 Å². The van der Waals surface area contributed by atoms with Gasteiger partial charge in [-0.1, -0.05) is 24.3 Å². The summed E-state index contributed by atoms with van der Waals surface area (Å²) in [7, 11) is 0. The van der Waals surface area contributed by atoms with Crippen molar-refractivity contribution in [1.29, 1.82) is 0 Å². The summed E-state index contributed by atoms with van der Waals surface area (Å²) in [5.74, 6) is 0.831. The van der Waals surface area contributed by atoms with Gasteiger partial charge in [-0.05, 0) is 19.4 Å². The lowest BCUT2D eigenvalue weighted by Gasteiger charge is -2.37. The normalized spacial score (nSPS) is 17.2. The average Bonchev–Trinajstić information content (AvgIpc) is 2.72. The monoisotopic (exact) mass is 258 g/mol. The third-order valence-corrected chi connectivity index (χ3v) is 3.85. The molecule has 2 N–H and O–H groups in total. The van der Waals surface area contributed by atoms with Gasteiger partial charge in [0.2, 0.25) is 0 Å². The van der Waals surface area contributed by atoms with E-state index in [2.05, 4.69) is 24.0 Å². The fraction of sp³-hybridized carbons (Fsp3) is 0.400. The highest BCUT2D eigenvalue weighted by Gasteiger charge is 2.43. The number of aromatic amines is 1. The number of nitrogens with zero attached hydrogens (tertiary/aromatic N) is 1. The van der Waals surface area contributed by atoms with Crippen LogP contribution in [0, 0.1) is 13.8 Å². The van der Waals surface area contributed by atoms with Gasteiger partial charge in [0.1, 0.15) is 5.82 Å². The van der Waals surface area contributed by atoms with Gasteiger partial charge in [-0.25, -0.2) is 4.98 Å². The summed E-state index contributed by atoms with van der Waals surface area (Å²) in [4.78, 5) is 8.02. The largest absolute Gasteiger partial charge is 0.395 e. The van der Waals surface area contributed by atoms with E-state index in [1.807, 2.05) is 19.1 Å². The predicted molar refractivity (Wildman–Crippen MR) is 73.1 cm³/mol. The second-order valence-electron chi connectivity index (χ2n) is 5.31. The van der Waals surface area contributed by atoms with Gasteiger partial charge in [0, 0.05) is 11.3 Å². The van der Waals surface area contributed by atoms with Gasteiger partial charge >= 0.3 is 0 Å². The van der Waals surface area contributed by atoms with Crippen molar-refractivity contribution in [1.82, 2.24) is 9.97 Å². The summed E-state index contributed by atoms with van der Waals surface area (Å²) in [5.41, 5.74) is 3.99. The van der Waals surface area contributed by atoms with E-state index in [4.69, 9.17) is 9.72 Å². The number of benzene rings is 1. The molecule has 1 aromatic carbocycles. The third kappa shape index (κ3) is 1.88. The molecule has 3 rings (SSSR count). The van der Waals surface area contributed by atoms with Crippen LogP contribution in [-0.2, 0) is 10.2 Å². The van der Waals surface area contributed by atoms with Crippen molar-refractivity contribution in [3.63, 3.8) is 0 Å². The van der Waals surface area contributed by atoms with Crippen LogP contribution in [0.25, 0.3) is 11.3 Å². The number of aliphatic hydroxyl groups excluding tert-OH is 1. The molecular weight excluding hydrogens is 240 g/mol. The predicted octanol–water partition coefficient (Wildman–Crippen LogP) is 1.95. The maximum Gasteiger partial charge on any atom is 0.120 e. The topological polar surface area (TPSA) is 58.1 Å². The van der Waals surface area contributed by atoms with Crippen molar-refractivity contribution in [2.24, 2.45) is 0 Å². The van der Waals surface area contributed by atoms with Crippen molar-refractivity contribution in [2.75, 3.05) is 19.8 Å². The first-order chi connectivity index (χ1) is 9.16. The molecule has 0 bridgehead atoms. The molecule has 1 aliphatic heterocycles. The Morgan fingerprint density at radius 2 is 2.05 bits per heavy atom. The van der Waals surface area contributed by atoms with E-state index in [0.717, 1.165) is 22.8 Å². The summed E-state index contributed by atoms with van der Waals surface area (Å²) >= 11 is 0. The molecule has 2 aromatic rings. The second-order valence-corrected chi connectivity index (χ2v) is 5.31. The smallest absolute Gasteiger partial charge is 0.120 e. The molecule has 4 nitrogen and oxygen atoms in total. The Morgan fingerprint density at radius 3 is 2.63 bits per heavy atom. The van der Waals surface area contributed by atoms with Gasteiger partial charge < -0.3 is 14.8 Å². The van der Waals surface area contributed by atoms with E-state index in [1.54, 1.807) is 0 Å². The van der Waals surface area contributed by atoms with Gasteiger partial charge in [0.25, 0.3) is 0 Å². The molecule has 4 heteroatoms. The molecule has 0 saturated carbocycles. The molecule has 0 atom stereocenters. The Bertz CT molecular complexity index is 594. The quantitative estimate of drug-likeness (QED) is 0.884. The number of ether oxygens (including phenoxy) is 1. The van der Waals surface area contributed by atoms with Crippen LogP contribution in [-0.4, -0.2) is 34.9 Å². The van der Waals surface area contributed by atoms with Gasteiger partial charge in [-0.2, -0.15) is 0 Å². The Balaban J connectivity index is 2.05. The molecule has 1 aliphatic rings. The number of rotatable bonds is 3. The number of hydrogen-bond acceptors (Lipinski definition) is 3. The fourth-order valence-corrected chi connectivity index (χ4v) is 2.46. The number of imidazole rings is 1. The Kier molecular flexibility index (Phi) is 2.92. The van der Waals surface area contributed by atoms with Crippen LogP contribution in [0.4, 0.5) is 0 Å². The standard InChI is InChI=1S/C15H18N2O2/c1-10-5-3-4-6-12(10)13-11(2)16-14(17-13)15(7-18)8-19-9-15/h3-6,18H,7-9H2,1-2H3,(H,16,17). The lowest BCUT2D eigenvalue weighted by molar-refractivity contribution is -0.0880. The highest BCUT2D eigenvalue weighted by atomic mass is 16.5. The minimum atomic E-state index is -0.342. The summed E-state index contributed by atoms with van der Waals surface area (Å²) in [6.45, 7) is 5.22. The maximum absolute atomic E-state index is 9.58. The Morgan fingerprint density at radius 1 is 1.32 bits per heavy atom. The molecule has 0 unspecified atom stereocenters. The molecule has 0 spiro atoms.